The van der Waals surface area contributed by atoms with E-state index in [-0.39, 0.29) is 5.92 Å². The molecule has 1 atom stereocenters. The molecule has 38 heavy (non-hydrogen) atoms. The first-order chi connectivity index (χ1) is 18.8. The molecule has 0 amide bonds. The molecule has 7 rings (SSSR count). The highest BCUT2D eigenvalue weighted by atomic mass is 14.3. The van der Waals surface area contributed by atoms with E-state index in [1.807, 2.05) is 12.2 Å². The van der Waals surface area contributed by atoms with Crippen LogP contribution in [0.25, 0.3) is 49.0 Å². The van der Waals surface area contributed by atoms with E-state index in [0.717, 1.165) is 6.42 Å². The van der Waals surface area contributed by atoms with E-state index in [9.17, 15) is 0 Å². The summed E-state index contributed by atoms with van der Waals surface area (Å²) in [5, 5.41) is 7.71. The number of benzene rings is 6. The fourth-order valence-corrected chi connectivity index (χ4v) is 6.42. The Hall–Kier alpha value is -4.68. The van der Waals surface area contributed by atoms with Crippen molar-refractivity contribution in [2.45, 2.75) is 12.3 Å². The summed E-state index contributed by atoms with van der Waals surface area (Å²) in [5.74, 6) is 0.247. The molecule has 0 heteroatoms. The SMILES string of the molecule is C=CC1=C(C=C)C(c2ccc(-c3cc4ccccc4c4ccccc34)cc2)Cc2ccc3ccccc3c21. The van der Waals surface area contributed by atoms with Gasteiger partial charge in [-0.1, -0.05) is 135 Å². The number of hydrogen-bond acceptors (Lipinski definition) is 0. The Labute approximate surface area is 223 Å². The summed E-state index contributed by atoms with van der Waals surface area (Å²) in [7, 11) is 0. The Morgan fingerprint density at radius 2 is 1.24 bits per heavy atom. The summed E-state index contributed by atoms with van der Waals surface area (Å²) in [6.45, 7) is 8.45. The van der Waals surface area contributed by atoms with Crippen molar-refractivity contribution < 1.29 is 0 Å². The quantitative estimate of drug-likeness (QED) is 0.218. The second-order valence-corrected chi connectivity index (χ2v) is 10.2. The van der Waals surface area contributed by atoms with Crippen molar-refractivity contribution in [2.75, 3.05) is 0 Å². The lowest BCUT2D eigenvalue weighted by Gasteiger charge is -2.30. The van der Waals surface area contributed by atoms with Crippen LogP contribution in [0.5, 0.6) is 0 Å². The van der Waals surface area contributed by atoms with Gasteiger partial charge in [0.05, 0.1) is 0 Å². The highest BCUT2D eigenvalue weighted by molar-refractivity contribution is 6.13. The van der Waals surface area contributed by atoms with Gasteiger partial charge in [0, 0.05) is 5.92 Å². The van der Waals surface area contributed by atoms with Crippen LogP contribution in [0.4, 0.5) is 0 Å². The highest BCUT2D eigenvalue weighted by Crippen LogP contribution is 2.44. The van der Waals surface area contributed by atoms with E-state index < -0.39 is 0 Å². The van der Waals surface area contributed by atoms with Crippen molar-refractivity contribution in [3.05, 3.63) is 163 Å². The number of allylic oxidation sites excluding steroid dienone is 4. The third-order valence-electron chi connectivity index (χ3n) is 8.21. The van der Waals surface area contributed by atoms with Crippen molar-refractivity contribution >= 4 is 37.9 Å². The third-order valence-corrected chi connectivity index (χ3v) is 8.21. The van der Waals surface area contributed by atoms with Crippen LogP contribution in [-0.4, -0.2) is 0 Å². The number of fused-ring (bicyclic) bond motifs is 6. The summed E-state index contributed by atoms with van der Waals surface area (Å²) < 4.78 is 0. The second-order valence-electron chi connectivity index (χ2n) is 10.2. The molecule has 1 unspecified atom stereocenters. The van der Waals surface area contributed by atoms with E-state index in [1.165, 1.54) is 71.3 Å². The first-order valence-corrected chi connectivity index (χ1v) is 13.3. The minimum absolute atomic E-state index is 0.247. The normalized spacial score (nSPS) is 15.1. The minimum Gasteiger partial charge on any atom is -0.0987 e. The van der Waals surface area contributed by atoms with Gasteiger partial charge in [-0.15, -0.1) is 0 Å². The molecular formula is C38H28. The van der Waals surface area contributed by atoms with E-state index >= 15 is 0 Å². The van der Waals surface area contributed by atoms with Crippen molar-refractivity contribution in [3.8, 4) is 11.1 Å². The molecule has 0 radical (unpaired) electrons. The van der Waals surface area contributed by atoms with E-state index in [1.54, 1.807) is 0 Å². The second kappa shape index (κ2) is 9.01. The van der Waals surface area contributed by atoms with E-state index in [0.29, 0.717) is 0 Å². The van der Waals surface area contributed by atoms with Crippen LogP contribution in [0, 0.1) is 0 Å². The van der Waals surface area contributed by atoms with Gasteiger partial charge in [-0.25, -0.2) is 0 Å². The Balaban J connectivity index is 1.35. The predicted octanol–water partition coefficient (Wildman–Crippen LogP) is 10.3. The Morgan fingerprint density at radius 3 is 1.97 bits per heavy atom. The summed E-state index contributed by atoms with van der Waals surface area (Å²) >= 11 is 0. The lowest BCUT2D eigenvalue weighted by molar-refractivity contribution is 0.794. The van der Waals surface area contributed by atoms with E-state index in [4.69, 9.17) is 0 Å². The molecule has 6 aromatic rings. The fourth-order valence-electron chi connectivity index (χ4n) is 6.42. The van der Waals surface area contributed by atoms with Gasteiger partial charge < -0.3 is 0 Å². The lowest BCUT2D eigenvalue weighted by Crippen LogP contribution is -2.14. The van der Waals surface area contributed by atoms with Gasteiger partial charge in [0.25, 0.3) is 0 Å². The van der Waals surface area contributed by atoms with Gasteiger partial charge >= 0.3 is 0 Å². The molecule has 0 N–H and O–H groups in total. The molecule has 0 fully saturated rings. The number of rotatable bonds is 4. The molecule has 0 heterocycles. The molecule has 0 aliphatic heterocycles. The summed E-state index contributed by atoms with van der Waals surface area (Å²) in [6.07, 6.45) is 5.01. The standard InChI is InChI=1S/C38H28/c1-3-30-31(4-2)38-29(22-21-25-11-5-8-14-33(25)38)24-36(30)26-17-19-27(20-18-26)37-23-28-12-6-7-13-32(28)34-15-9-10-16-35(34)37/h3-23,36H,1-2,24H2. The van der Waals surface area contributed by atoms with Crippen LogP contribution >= 0.6 is 0 Å². The van der Waals surface area contributed by atoms with Crippen molar-refractivity contribution in [2.24, 2.45) is 0 Å². The molecule has 0 spiro atoms. The maximum atomic E-state index is 4.23. The van der Waals surface area contributed by atoms with E-state index in [2.05, 4.69) is 128 Å². The molecule has 1 aliphatic rings. The average Bonchev–Trinajstić information content (AvgIpc) is 2.99. The van der Waals surface area contributed by atoms with Gasteiger partial charge in [0.15, 0.2) is 0 Å². The Bertz CT molecular complexity index is 1910. The van der Waals surface area contributed by atoms with Crippen LogP contribution in [0.3, 0.4) is 0 Å². The molecule has 0 bridgehead atoms. The van der Waals surface area contributed by atoms with Gasteiger partial charge in [0.2, 0.25) is 0 Å². The first-order valence-electron chi connectivity index (χ1n) is 13.3. The largest absolute Gasteiger partial charge is 0.0987 e. The summed E-state index contributed by atoms with van der Waals surface area (Å²) in [4.78, 5) is 0. The summed E-state index contributed by atoms with van der Waals surface area (Å²) in [6, 6.07) is 42.1. The zero-order valence-electron chi connectivity index (χ0n) is 21.3. The molecule has 0 saturated carbocycles. The molecule has 0 saturated heterocycles. The maximum absolute atomic E-state index is 4.23. The van der Waals surface area contributed by atoms with Crippen molar-refractivity contribution in [1.29, 1.82) is 0 Å². The highest BCUT2D eigenvalue weighted by Gasteiger charge is 2.27. The average molecular weight is 485 g/mol. The first kappa shape index (κ1) is 22.5. The van der Waals surface area contributed by atoms with Crippen molar-refractivity contribution in [3.63, 3.8) is 0 Å². The molecular weight excluding hydrogens is 456 g/mol. The van der Waals surface area contributed by atoms with Crippen LogP contribution in [0.1, 0.15) is 22.6 Å². The molecule has 180 valence electrons. The number of hydrogen-bond donors (Lipinski definition) is 0. The minimum atomic E-state index is 0.247. The monoisotopic (exact) mass is 484 g/mol. The van der Waals surface area contributed by atoms with Crippen LogP contribution in [0.2, 0.25) is 0 Å². The maximum Gasteiger partial charge on any atom is 0.0136 e. The zero-order valence-corrected chi connectivity index (χ0v) is 21.3. The van der Waals surface area contributed by atoms with Gasteiger partial charge in [-0.05, 0) is 83.8 Å². The van der Waals surface area contributed by atoms with Gasteiger partial charge in [0.1, 0.15) is 0 Å². The lowest BCUT2D eigenvalue weighted by atomic mass is 9.74. The molecule has 0 aromatic heterocycles. The van der Waals surface area contributed by atoms with Crippen LogP contribution in [0.15, 0.2) is 146 Å². The Kier molecular flexibility index (Phi) is 5.34. The third kappa shape index (κ3) is 3.45. The summed E-state index contributed by atoms with van der Waals surface area (Å²) in [5.41, 5.74) is 8.97. The predicted molar refractivity (Wildman–Crippen MR) is 165 cm³/mol. The fraction of sp³-hybridized carbons (Fsp3) is 0.0526. The van der Waals surface area contributed by atoms with Gasteiger partial charge in [-0.3, -0.25) is 0 Å². The van der Waals surface area contributed by atoms with Crippen LogP contribution < -0.4 is 0 Å². The van der Waals surface area contributed by atoms with Gasteiger partial charge in [-0.2, -0.15) is 0 Å². The molecule has 6 aromatic carbocycles. The molecule has 0 nitrogen and oxygen atoms in total. The molecule has 1 aliphatic carbocycles. The van der Waals surface area contributed by atoms with Crippen molar-refractivity contribution in [1.82, 2.24) is 0 Å². The zero-order chi connectivity index (χ0) is 25.6. The Morgan fingerprint density at radius 1 is 0.579 bits per heavy atom. The smallest absolute Gasteiger partial charge is 0.0136 e. The van der Waals surface area contributed by atoms with Crippen LogP contribution in [-0.2, 0) is 6.42 Å². The topological polar surface area (TPSA) is 0 Å².